The van der Waals surface area contributed by atoms with Gasteiger partial charge in [-0.05, 0) is 49.6 Å². The maximum atomic E-state index is 14.3. The number of carbonyl (C=O) groups excluding carboxylic acids is 1. The number of nitrogens with two attached hydrogens (primary N) is 1. The molecule has 1 aromatic heterocycles. The van der Waals surface area contributed by atoms with E-state index in [0.717, 1.165) is 18.4 Å². The van der Waals surface area contributed by atoms with Crippen molar-refractivity contribution in [2.45, 2.75) is 41.9 Å². The Kier molecular flexibility index (Phi) is 6.31. The fourth-order valence-corrected chi connectivity index (χ4v) is 4.64. The Hall–Kier alpha value is -2.76. The van der Waals surface area contributed by atoms with Gasteiger partial charge in [0, 0.05) is 6.04 Å². The number of amides is 1. The number of thioether (sulfide) groups is 1. The molecular weight excluding hydrogens is 453 g/mol. The first-order chi connectivity index (χ1) is 15.2. The third-order valence-corrected chi connectivity index (χ3v) is 6.98. The minimum atomic E-state index is -3.76. The molecule has 4 rings (SSSR count). The number of hydrogen-bond acceptors (Lipinski definition) is 6. The zero-order valence-electron chi connectivity index (χ0n) is 17.2. The van der Waals surface area contributed by atoms with Crippen molar-refractivity contribution in [2.75, 3.05) is 5.75 Å². The second-order valence-corrected chi connectivity index (χ2v) is 10.1. The summed E-state index contributed by atoms with van der Waals surface area (Å²) in [6.45, 7) is 1.80. The maximum Gasteiger partial charge on any atom is 0.238 e. The van der Waals surface area contributed by atoms with Gasteiger partial charge >= 0.3 is 0 Å². The molecule has 1 heterocycles. The van der Waals surface area contributed by atoms with Crippen molar-refractivity contribution in [3.63, 3.8) is 0 Å². The normalized spacial score (nSPS) is 14.8. The molecule has 1 amide bonds. The fourth-order valence-electron chi connectivity index (χ4n) is 3.31. The van der Waals surface area contributed by atoms with Gasteiger partial charge in [0.25, 0.3) is 0 Å². The molecule has 0 spiro atoms. The average Bonchev–Trinajstić information content (AvgIpc) is 3.51. The number of halogens is 1. The molecule has 32 heavy (non-hydrogen) atoms. The number of aromatic nitrogens is 3. The van der Waals surface area contributed by atoms with Crippen LogP contribution in [0.1, 0.15) is 37.4 Å². The van der Waals surface area contributed by atoms with Crippen molar-refractivity contribution in [2.24, 2.45) is 5.14 Å². The quantitative estimate of drug-likeness (QED) is 0.483. The first kappa shape index (κ1) is 22.4. The maximum absolute atomic E-state index is 14.3. The highest BCUT2D eigenvalue weighted by atomic mass is 32.2. The molecule has 0 aliphatic heterocycles. The summed E-state index contributed by atoms with van der Waals surface area (Å²) in [6, 6.07) is 12.4. The highest BCUT2D eigenvalue weighted by Gasteiger charge is 2.31. The average molecular weight is 476 g/mol. The van der Waals surface area contributed by atoms with E-state index in [9.17, 15) is 17.6 Å². The first-order valence-corrected chi connectivity index (χ1v) is 12.5. The van der Waals surface area contributed by atoms with Crippen LogP contribution in [0, 0.1) is 5.82 Å². The van der Waals surface area contributed by atoms with Crippen molar-refractivity contribution in [1.82, 2.24) is 20.1 Å². The van der Waals surface area contributed by atoms with Crippen LogP contribution in [0.5, 0.6) is 0 Å². The Balaban J connectivity index is 1.42. The van der Waals surface area contributed by atoms with Crippen LogP contribution in [0.2, 0.25) is 0 Å². The molecule has 3 N–H and O–H groups in total. The fraction of sp³-hybridized carbons (Fsp3) is 0.286. The lowest BCUT2D eigenvalue weighted by Crippen LogP contribution is -2.28. The Bertz CT molecular complexity index is 1240. The van der Waals surface area contributed by atoms with Crippen LogP contribution in [-0.4, -0.2) is 34.8 Å². The van der Waals surface area contributed by atoms with Crippen LogP contribution in [-0.2, 0) is 14.8 Å². The SMILES string of the molecule is CC(NC(=O)CSc1nnc(-c2ccccc2F)n1C1CC1)c1ccc(S(N)(=O)=O)cc1. The molecule has 1 saturated carbocycles. The van der Waals surface area contributed by atoms with Gasteiger partial charge in [-0.25, -0.2) is 17.9 Å². The van der Waals surface area contributed by atoms with E-state index < -0.39 is 10.0 Å². The van der Waals surface area contributed by atoms with Crippen molar-refractivity contribution in [3.05, 3.63) is 59.9 Å². The number of sulfonamides is 1. The zero-order valence-corrected chi connectivity index (χ0v) is 18.9. The van der Waals surface area contributed by atoms with Crippen molar-refractivity contribution < 1.29 is 17.6 Å². The number of rotatable bonds is 8. The Morgan fingerprint density at radius 2 is 1.91 bits per heavy atom. The van der Waals surface area contributed by atoms with Gasteiger partial charge in [-0.3, -0.25) is 9.36 Å². The van der Waals surface area contributed by atoms with Gasteiger partial charge < -0.3 is 5.32 Å². The van der Waals surface area contributed by atoms with Gasteiger partial charge in [0.05, 0.1) is 22.3 Å². The molecule has 1 aliphatic carbocycles. The van der Waals surface area contributed by atoms with Crippen LogP contribution >= 0.6 is 11.8 Å². The molecule has 11 heteroatoms. The molecule has 168 valence electrons. The summed E-state index contributed by atoms with van der Waals surface area (Å²) in [4.78, 5) is 12.5. The van der Waals surface area contributed by atoms with Gasteiger partial charge in [-0.1, -0.05) is 36.0 Å². The van der Waals surface area contributed by atoms with Gasteiger partial charge in [0.1, 0.15) is 5.82 Å². The van der Waals surface area contributed by atoms with Gasteiger partial charge in [-0.15, -0.1) is 10.2 Å². The van der Waals surface area contributed by atoms with Crippen molar-refractivity contribution in [1.29, 1.82) is 0 Å². The highest BCUT2D eigenvalue weighted by Crippen LogP contribution is 2.41. The Labute approximate surface area is 189 Å². The lowest BCUT2D eigenvalue weighted by atomic mass is 10.1. The summed E-state index contributed by atoms with van der Waals surface area (Å²) < 4.78 is 38.9. The zero-order chi connectivity index (χ0) is 22.9. The van der Waals surface area contributed by atoms with Gasteiger partial charge in [0.2, 0.25) is 15.9 Å². The van der Waals surface area contributed by atoms with E-state index in [2.05, 4.69) is 15.5 Å². The van der Waals surface area contributed by atoms with Gasteiger partial charge in [-0.2, -0.15) is 0 Å². The summed E-state index contributed by atoms with van der Waals surface area (Å²) in [7, 11) is -3.76. The van der Waals surface area contributed by atoms with Crippen molar-refractivity contribution in [3.8, 4) is 11.4 Å². The van der Waals surface area contributed by atoms with E-state index in [4.69, 9.17) is 5.14 Å². The predicted octanol–water partition coefficient (Wildman–Crippen LogP) is 3.04. The lowest BCUT2D eigenvalue weighted by Gasteiger charge is -2.15. The number of nitrogens with one attached hydrogen (secondary N) is 1. The highest BCUT2D eigenvalue weighted by molar-refractivity contribution is 7.99. The lowest BCUT2D eigenvalue weighted by molar-refractivity contribution is -0.119. The molecular formula is C21H22FN5O3S2. The monoisotopic (exact) mass is 475 g/mol. The smallest absolute Gasteiger partial charge is 0.238 e. The third kappa shape index (κ3) is 5.00. The molecule has 2 aromatic carbocycles. The van der Waals surface area contributed by atoms with E-state index in [1.807, 2.05) is 4.57 Å². The summed E-state index contributed by atoms with van der Waals surface area (Å²) >= 11 is 1.25. The van der Waals surface area contributed by atoms with Crippen LogP contribution in [0.4, 0.5) is 4.39 Å². The predicted molar refractivity (Wildman–Crippen MR) is 119 cm³/mol. The molecule has 1 unspecified atom stereocenters. The number of benzene rings is 2. The molecule has 3 aromatic rings. The molecule has 0 saturated heterocycles. The second kappa shape index (κ2) is 9.00. The van der Waals surface area contributed by atoms with E-state index in [-0.39, 0.29) is 34.5 Å². The number of nitrogens with zero attached hydrogens (tertiary/aromatic N) is 3. The molecule has 8 nitrogen and oxygen atoms in total. The molecule has 1 fully saturated rings. The summed E-state index contributed by atoms with van der Waals surface area (Å²) in [6.07, 6.45) is 1.93. The largest absolute Gasteiger partial charge is 0.349 e. The summed E-state index contributed by atoms with van der Waals surface area (Å²) in [5.74, 6) is 0.00727. The summed E-state index contributed by atoms with van der Waals surface area (Å²) in [5, 5.41) is 16.9. The molecule has 1 aliphatic rings. The number of carbonyl (C=O) groups is 1. The Morgan fingerprint density at radius 3 is 2.53 bits per heavy atom. The van der Waals surface area contributed by atoms with Crippen LogP contribution in [0.3, 0.4) is 0 Å². The number of primary sulfonamides is 1. The minimum absolute atomic E-state index is 0.0143. The Morgan fingerprint density at radius 1 is 1.22 bits per heavy atom. The van der Waals surface area contributed by atoms with E-state index in [0.29, 0.717) is 16.5 Å². The van der Waals surface area contributed by atoms with Crippen LogP contribution < -0.4 is 10.5 Å². The molecule has 0 bridgehead atoms. The first-order valence-electron chi connectivity index (χ1n) is 9.99. The van der Waals surface area contributed by atoms with Crippen molar-refractivity contribution >= 4 is 27.7 Å². The van der Waals surface area contributed by atoms with Crippen LogP contribution in [0.15, 0.2) is 58.6 Å². The van der Waals surface area contributed by atoms with Crippen LogP contribution in [0.25, 0.3) is 11.4 Å². The third-order valence-electron chi connectivity index (χ3n) is 5.11. The minimum Gasteiger partial charge on any atom is -0.349 e. The summed E-state index contributed by atoms with van der Waals surface area (Å²) in [5.41, 5.74) is 1.14. The van der Waals surface area contributed by atoms with E-state index in [1.54, 1.807) is 37.3 Å². The number of hydrogen-bond donors (Lipinski definition) is 2. The molecule has 0 radical (unpaired) electrons. The molecule has 1 atom stereocenters. The van der Waals surface area contributed by atoms with E-state index in [1.165, 1.54) is 30.0 Å². The second-order valence-electron chi connectivity index (χ2n) is 7.58. The standard InChI is InChI=1S/C21H22FN5O3S2/c1-13(14-6-10-16(11-7-14)32(23,29)30)24-19(28)12-31-21-26-25-20(27(21)15-8-9-15)17-4-2-3-5-18(17)22/h2-7,10-11,13,15H,8-9,12H2,1H3,(H,24,28)(H2,23,29,30). The topological polar surface area (TPSA) is 120 Å². The van der Waals surface area contributed by atoms with E-state index >= 15 is 0 Å². The van der Waals surface area contributed by atoms with Gasteiger partial charge in [0.15, 0.2) is 11.0 Å².